The van der Waals surface area contributed by atoms with Crippen LogP contribution in [0.5, 0.6) is 5.75 Å². The number of hydrogen-bond acceptors (Lipinski definition) is 4. The fourth-order valence-electron chi connectivity index (χ4n) is 2.33. The van der Waals surface area contributed by atoms with Gasteiger partial charge in [-0.3, -0.25) is 14.3 Å². The number of rotatable bonds is 7. The lowest BCUT2D eigenvalue weighted by Gasteiger charge is -2.10. The summed E-state index contributed by atoms with van der Waals surface area (Å²) < 4.78 is 6.76. The molecule has 128 valence electrons. The maximum Gasteiger partial charge on any atom is 0.269 e. The van der Waals surface area contributed by atoms with Crippen LogP contribution in [0, 0.1) is 6.92 Å². The monoisotopic (exact) mass is 330 g/mol. The molecule has 0 bridgehead atoms. The Morgan fingerprint density at radius 2 is 2.00 bits per heavy atom. The van der Waals surface area contributed by atoms with E-state index in [-0.39, 0.29) is 24.8 Å². The topological polar surface area (TPSA) is 85.2 Å². The Labute approximate surface area is 141 Å². The van der Waals surface area contributed by atoms with Crippen LogP contribution in [0.25, 0.3) is 0 Å². The summed E-state index contributed by atoms with van der Waals surface area (Å²) >= 11 is 0. The Balaban J connectivity index is 1.75. The van der Waals surface area contributed by atoms with E-state index >= 15 is 0 Å². The molecule has 0 fully saturated rings. The quantitative estimate of drug-likeness (QED) is 0.798. The van der Waals surface area contributed by atoms with Gasteiger partial charge in [0, 0.05) is 32.1 Å². The predicted octanol–water partition coefficient (Wildman–Crippen LogP) is 1.17. The zero-order chi connectivity index (χ0) is 17.5. The number of methoxy groups -OCH3 is 1. The van der Waals surface area contributed by atoms with Crippen molar-refractivity contribution < 1.29 is 14.3 Å². The number of benzene rings is 1. The van der Waals surface area contributed by atoms with Crippen LogP contribution >= 0.6 is 0 Å². The number of ether oxygens (including phenoxy) is 1. The summed E-state index contributed by atoms with van der Waals surface area (Å²) in [5.41, 5.74) is 2.15. The van der Waals surface area contributed by atoms with Gasteiger partial charge in [-0.15, -0.1) is 0 Å². The number of carbonyl (C=O) groups excluding carboxylic acids is 2. The third-order valence-corrected chi connectivity index (χ3v) is 3.54. The van der Waals surface area contributed by atoms with Gasteiger partial charge in [-0.2, -0.15) is 5.10 Å². The molecule has 0 spiro atoms. The molecule has 1 heterocycles. The van der Waals surface area contributed by atoms with Crippen LogP contribution < -0.4 is 15.4 Å². The highest BCUT2D eigenvalue weighted by Gasteiger charge is 2.12. The summed E-state index contributed by atoms with van der Waals surface area (Å²) in [6, 6.07) is 9.21. The van der Waals surface area contributed by atoms with E-state index in [2.05, 4.69) is 15.7 Å². The SMILES string of the molecule is COc1ccccc1CNC(=O)CCNC(=O)c1cc(C)nn1C. The van der Waals surface area contributed by atoms with Crippen LogP contribution in [0.3, 0.4) is 0 Å². The molecule has 0 aliphatic rings. The molecule has 2 aromatic rings. The second-order valence-electron chi connectivity index (χ2n) is 5.39. The summed E-state index contributed by atoms with van der Waals surface area (Å²) in [7, 11) is 3.30. The van der Waals surface area contributed by atoms with Crippen molar-refractivity contribution in [2.75, 3.05) is 13.7 Å². The van der Waals surface area contributed by atoms with Crippen molar-refractivity contribution in [1.82, 2.24) is 20.4 Å². The lowest BCUT2D eigenvalue weighted by Crippen LogP contribution is -2.31. The van der Waals surface area contributed by atoms with Gasteiger partial charge in [-0.05, 0) is 19.1 Å². The van der Waals surface area contributed by atoms with Crippen LogP contribution in [0.15, 0.2) is 30.3 Å². The van der Waals surface area contributed by atoms with Crippen LogP contribution in [0.4, 0.5) is 0 Å². The second-order valence-corrected chi connectivity index (χ2v) is 5.39. The number of hydrogen-bond donors (Lipinski definition) is 2. The molecule has 2 N–H and O–H groups in total. The smallest absolute Gasteiger partial charge is 0.269 e. The number of para-hydroxylation sites is 1. The minimum Gasteiger partial charge on any atom is -0.496 e. The second kappa shape index (κ2) is 8.14. The lowest BCUT2D eigenvalue weighted by molar-refractivity contribution is -0.121. The first-order chi connectivity index (χ1) is 11.5. The number of nitrogens with zero attached hydrogens (tertiary/aromatic N) is 2. The molecule has 24 heavy (non-hydrogen) atoms. The molecule has 0 saturated carbocycles. The molecule has 0 atom stereocenters. The van der Waals surface area contributed by atoms with Gasteiger partial charge >= 0.3 is 0 Å². The fourth-order valence-corrected chi connectivity index (χ4v) is 2.33. The average Bonchev–Trinajstić information content (AvgIpc) is 2.91. The molecule has 7 nitrogen and oxygen atoms in total. The van der Waals surface area contributed by atoms with Crippen LogP contribution in [-0.4, -0.2) is 35.2 Å². The third-order valence-electron chi connectivity index (χ3n) is 3.54. The summed E-state index contributed by atoms with van der Waals surface area (Å²) in [5.74, 6) is 0.357. The van der Waals surface area contributed by atoms with Gasteiger partial charge in [-0.25, -0.2) is 0 Å². The molecule has 1 aromatic carbocycles. The van der Waals surface area contributed by atoms with E-state index in [9.17, 15) is 9.59 Å². The molecular weight excluding hydrogens is 308 g/mol. The molecule has 0 unspecified atom stereocenters. The maximum atomic E-state index is 12.0. The highest BCUT2D eigenvalue weighted by atomic mass is 16.5. The number of amides is 2. The van der Waals surface area contributed by atoms with Gasteiger partial charge < -0.3 is 15.4 Å². The minimum absolute atomic E-state index is 0.137. The van der Waals surface area contributed by atoms with E-state index in [1.54, 1.807) is 20.2 Å². The largest absolute Gasteiger partial charge is 0.496 e. The normalized spacial score (nSPS) is 10.3. The average molecular weight is 330 g/mol. The Morgan fingerprint density at radius 3 is 2.67 bits per heavy atom. The van der Waals surface area contributed by atoms with Gasteiger partial charge in [0.25, 0.3) is 5.91 Å². The van der Waals surface area contributed by atoms with Crippen molar-refractivity contribution in [3.05, 3.63) is 47.3 Å². The van der Waals surface area contributed by atoms with Crippen LogP contribution in [0.1, 0.15) is 28.2 Å². The highest BCUT2D eigenvalue weighted by Crippen LogP contribution is 2.16. The predicted molar refractivity (Wildman–Crippen MR) is 89.7 cm³/mol. The van der Waals surface area contributed by atoms with Gasteiger partial charge in [0.15, 0.2) is 0 Å². The van der Waals surface area contributed by atoms with Crippen molar-refractivity contribution in [2.45, 2.75) is 19.9 Å². The molecule has 2 rings (SSSR count). The molecule has 0 aliphatic carbocycles. The minimum atomic E-state index is -0.240. The van der Waals surface area contributed by atoms with Crippen molar-refractivity contribution in [3.63, 3.8) is 0 Å². The fraction of sp³-hybridized carbons (Fsp3) is 0.353. The number of carbonyl (C=O) groups is 2. The molecule has 0 radical (unpaired) electrons. The van der Waals surface area contributed by atoms with E-state index in [0.29, 0.717) is 12.2 Å². The summed E-state index contributed by atoms with van der Waals surface area (Å²) in [6.07, 6.45) is 0.206. The molecule has 1 aromatic heterocycles. The van der Waals surface area contributed by atoms with Crippen molar-refractivity contribution in [1.29, 1.82) is 0 Å². The van der Waals surface area contributed by atoms with E-state index in [4.69, 9.17) is 4.74 Å². The Morgan fingerprint density at radius 1 is 1.25 bits per heavy atom. The number of aromatic nitrogens is 2. The molecule has 2 amide bonds. The van der Waals surface area contributed by atoms with Gasteiger partial charge in [0.2, 0.25) is 5.91 Å². The van der Waals surface area contributed by atoms with Gasteiger partial charge in [0.1, 0.15) is 11.4 Å². The molecule has 7 heteroatoms. The first-order valence-electron chi connectivity index (χ1n) is 7.68. The van der Waals surface area contributed by atoms with Crippen LogP contribution in [-0.2, 0) is 18.4 Å². The van der Waals surface area contributed by atoms with Crippen molar-refractivity contribution >= 4 is 11.8 Å². The van der Waals surface area contributed by atoms with E-state index < -0.39 is 0 Å². The molecule has 0 aliphatic heterocycles. The first kappa shape index (κ1) is 17.5. The zero-order valence-corrected chi connectivity index (χ0v) is 14.1. The number of nitrogens with one attached hydrogen (secondary N) is 2. The van der Waals surface area contributed by atoms with Gasteiger partial charge in [0.05, 0.1) is 12.8 Å². The van der Waals surface area contributed by atoms with E-state index in [1.165, 1.54) is 4.68 Å². The maximum absolute atomic E-state index is 12.0. The van der Waals surface area contributed by atoms with E-state index in [1.807, 2.05) is 31.2 Å². The molecular formula is C17H22N4O3. The first-order valence-corrected chi connectivity index (χ1v) is 7.68. The Hall–Kier alpha value is -2.83. The Bertz CT molecular complexity index is 724. The standard InChI is InChI=1S/C17H22N4O3/c1-12-10-14(21(2)20-12)17(23)18-9-8-16(22)19-11-13-6-4-5-7-15(13)24-3/h4-7,10H,8-9,11H2,1-3H3,(H,18,23)(H,19,22). The number of aryl methyl sites for hydroxylation is 2. The van der Waals surface area contributed by atoms with Gasteiger partial charge in [-0.1, -0.05) is 18.2 Å². The lowest BCUT2D eigenvalue weighted by atomic mass is 10.2. The van der Waals surface area contributed by atoms with Crippen molar-refractivity contribution in [2.24, 2.45) is 7.05 Å². The highest BCUT2D eigenvalue weighted by molar-refractivity contribution is 5.92. The van der Waals surface area contributed by atoms with Crippen molar-refractivity contribution in [3.8, 4) is 5.75 Å². The summed E-state index contributed by atoms with van der Waals surface area (Å²) in [6.45, 7) is 2.47. The molecule has 0 saturated heterocycles. The third kappa shape index (κ3) is 4.58. The zero-order valence-electron chi connectivity index (χ0n) is 14.1. The summed E-state index contributed by atoms with van der Waals surface area (Å²) in [4.78, 5) is 23.9. The Kier molecular flexibility index (Phi) is 5.95. The van der Waals surface area contributed by atoms with E-state index in [0.717, 1.165) is 17.0 Å². The summed E-state index contributed by atoms with van der Waals surface area (Å²) in [5, 5.41) is 9.65. The van der Waals surface area contributed by atoms with Crippen LogP contribution in [0.2, 0.25) is 0 Å².